The van der Waals surface area contributed by atoms with E-state index in [-0.39, 0.29) is 4.90 Å². The van der Waals surface area contributed by atoms with Gasteiger partial charge in [-0.05, 0) is 60.9 Å². The minimum atomic E-state index is -3.69. The van der Waals surface area contributed by atoms with E-state index in [1.54, 1.807) is 7.11 Å². The van der Waals surface area contributed by atoms with E-state index in [1.165, 1.54) is 45.5 Å². The standard InChI is InChI=1S/C28H29N3O5S2/c1-3-36-24-9-6-10-25-26(24)31(17-18-35-2)28(37-25)29-27(32)21-11-13-23(14-12-21)38(33,34)30-16-15-20-7-4-5-8-22(20)19-30/h4-14H,3,15-19H2,1-2H3. The highest BCUT2D eigenvalue weighted by atomic mass is 32.2. The summed E-state index contributed by atoms with van der Waals surface area (Å²) in [5.41, 5.74) is 3.38. The molecule has 5 rings (SSSR count). The molecule has 38 heavy (non-hydrogen) atoms. The highest BCUT2D eigenvalue weighted by Crippen LogP contribution is 2.28. The second kappa shape index (κ2) is 11.2. The zero-order valence-electron chi connectivity index (χ0n) is 21.3. The maximum absolute atomic E-state index is 13.3. The normalized spacial score (nSPS) is 14.5. The Morgan fingerprint density at radius 1 is 1.03 bits per heavy atom. The van der Waals surface area contributed by atoms with Crippen molar-refractivity contribution in [1.82, 2.24) is 8.87 Å². The Bertz CT molecular complexity index is 1640. The number of nitrogens with zero attached hydrogens (tertiary/aromatic N) is 3. The number of thiazole rings is 1. The topological polar surface area (TPSA) is 90.2 Å². The van der Waals surface area contributed by atoms with E-state index >= 15 is 0 Å². The van der Waals surface area contributed by atoms with Gasteiger partial charge in [0.05, 0.1) is 22.8 Å². The van der Waals surface area contributed by atoms with Crippen LogP contribution in [0.15, 0.2) is 76.6 Å². The molecule has 3 aromatic carbocycles. The summed E-state index contributed by atoms with van der Waals surface area (Å²) in [6, 6.07) is 19.7. The maximum atomic E-state index is 13.3. The second-order valence-corrected chi connectivity index (χ2v) is 11.8. The summed E-state index contributed by atoms with van der Waals surface area (Å²) in [4.78, 5) is 18.2. The first-order chi connectivity index (χ1) is 18.4. The third-order valence-corrected chi connectivity index (χ3v) is 9.42. The monoisotopic (exact) mass is 551 g/mol. The summed E-state index contributed by atoms with van der Waals surface area (Å²) < 4.78 is 42.0. The molecule has 0 radical (unpaired) electrons. The zero-order chi connectivity index (χ0) is 26.7. The van der Waals surface area contributed by atoms with Crippen LogP contribution in [0.2, 0.25) is 0 Å². The molecule has 0 fully saturated rings. The van der Waals surface area contributed by atoms with Crippen molar-refractivity contribution >= 4 is 37.5 Å². The number of methoxy groups -OCH3 is 1. The van der Waals surface area contributed by atoms with E-state index in [4.69, 9.17) is 9.47 Å². The van der Waals surface area contributed by atoms with Crippen molar-refractivity contribution < 1.29 is 22.7 Å². The highest BCUT2D eigenvalue weighted by Gasteiger charge is 2.28. The predicted octanol–water partition coefficient (Wildman–Crippen LogP) is 4.24. The fourth-order valence-electron chi connectivity index (χ4n) is 4.59. The van der Waals surface area contributed by atoms with Crippen LogP contribution in [0.1, 0.15) is 28.4 Å². The van der Waals surface area contributed by atoms with Crippen LogP contribution in [0.3, 0.4) is 0 Å². The molecule has 1 aliphatic heterocycles. The number of carbonyl (C=O) groups is 1. The van der Waals surface area contributed by atoms with E-state index in [0.29, 0.717) is 49.6 Å². The lowest BCUT2D eigenvalue weighted by atomic mass is 10.0. The smallest absolute Gasteiger partial charge is 0.279 e. The lowest BCUT2D eigenvalue weighted by Crippen LogP contribution is -2.35. The molecule has 10 heteroatoms. The third kappa shape index (κ3) is 5.17. The number of benzene rings is 3. The Morgan fingerprint density at radius 2 is 1.79 bits per heavy atom. The van der Waals surface area contributed by atoms with Crippen molar-refractivity contribution in [3.8, 4) is 5.75 Å². The number of para-hydroxylation sites is 1. The molecule has 0 unspecified atom stereocenters. The summed E-state index contributed by atoms with van der Waals surface area (Å²) in [7, 11) is -2.07. The van der Waals surface area contributed by atoms with Crippen LogP contribution in [0.4, 0.5) is 0 Å². The molecule has 0 bridgehead atoms. The summed E-state index contributed by atoms with van der Waals surface area (Å²) >= 11 is 1.40. The number of hydrogen-bond acceptors (Lipinski definition) is 6. The summed E-state index contributed by atoms with van der Waals surface area (Å²) in [6.45, 7) is 4.15. The molecular formula is C28H29N3O5S2. The quantitative estimate of drug-likeness (QED) is 0.327. The first-order valence-corrected chi connectivity index (χ1v) is 14.7. The van der Waals surface area contributed by atoms with Crippen LogP contribution < -0.4 is 9.54 Å². The Kier molecular flexibility index (Phi) is 7.75. The van der Waals surface area contributed by atoms with E-state index in [1.807, 2.05) is 54.0 Å². The molecule has 198 valence electrons. The largest absolute Gasteiger partial charge is 0.492 e. The Labute approximate surface area is 225 Å². The van der Waals surface area contributed by atoms with E-state index in [0.717, 1.165) is 21.5 Å². The number of fused-ring (bicyclic) bond motifs is 2. The van der Waals surface area contributed by atoms with Gasteiger partial charge in [-0.25, -0.2) is 8.42 Å². The molecular weight excluding hydrogens is 522 g/mol. The van der Waals surface area contributed by atoms with Gasteiger partial charge in [0.2, 0.25) is 10.0 Å². The van der Waals surface area contributed by atoms with Crippen LogP contribution >= 0.6 is 11.3 Å². The molecule has 0 N–H and O–H groups in total. The molecule has 0 saturated carbocycles. The Hall–Kier alpha value is -3.31. The number of sulfonamides is 1. The fraction of sp³-hybridized carbons (Fsp3) is 0.286. The van der Waals surface area contributed by atoms with E-state index < -0.39 is 15.9 Å². The lowest BCUT2D eigenvalue weighted by Gasteiger charge is -2.28. The average molecular weight is 552 g/mol. The fourth-order valence-corrected chi connectivity index (χ4v) is 7.08. The predicted molar refractivity (Wildman–Crippen MR) is 147 cm³/mol. The minimum absolute atomic E-state index is 0.159. The Morgan fingerprint density at radius 3 is 2.53 bits per heavy atom. The van der Waals surface area contributed by atoms with Crippen LogP contribution in [0, 0.1) is 0 Å². The number of rotatable bonds is 8. The third-order valence-electron chi connectivity index (χ3n) is 6.51. The number of aromatic nitrogens is 1. The van der Waals surface area contributed by atoms with Crippen LogP contribution in [-0.4, -0.2) is 50.1 Å². The second-order valence-electron chi connectivity index (χ2n) is 8.86. The summed E-state index contributed by atoms with van der Waals surface area (Å²) in [5, 5.41) is 0. The van der Waals surface area contributed by atoms with Gasteiger partial charge >= 0.3 is 0 Å². The molecule has 1 aliphatic rings. The molecule has 1 aromatic heterocycles. The molecule has 4 aromatic rings. The van der Waals surface area contributed by atoms with E-state index in [2.05, 4.69) is 4.99 Å². The number of carbonyl (C=O) groups excluding carboxylic acids is 1. The van der Waals surface area contributed by atoms with E-state index in [9.17, 15) is 13.2 Å². The first-order valence-electron chi connectivity index (χ1n) is 12.4. The summed E-state index contributed by atoms with van der Waals surface area (Å²) in [5.74, 6) is 0.276. The van der Waals surface area contributed by atoms with Gasteiger partial charge in [-0.15, -0.1) is 0 Å². The van der Waals surface area contributed by atoms with Gasteiger partial charge in [0.15, 0.2) is 4.80 Å². The van der Waals surface area contributed by atoms with Crippen molar-refractivity contribution in [3.63, 3.8) is 0 Å². The van der Waals surface area contributed by atoms with Crippen molar-refractivity contribution in [2.75, 3.05) is 26.9 Å². The molecule has 0 atom stereocenters. The summed E-state index contributed by atoms with van der Waals surface area (Å²) in [6.07, 6.45) is 0.675. The SMILES string of the molecule is CCOc1cccc2sc(=NC(=O)c3ccc(S(=O)(=O)N4CCc5ccccc5C4)cc3)n(CCOC)c12. The van der Waals surface area contributed by atoms with Gasteiger partial charge in [-0.1, -0.05) is 41.7 Å². The lowest BCUT2D eigenvalue weighted by molar-refractivity contribution is 0.0997. The first kappa shape index (κ1) is 26.3. The zero-order valence-corrected chi connectivity index (χ0v) is 22.9. The minimum Gasteiger partial charge on any atom is -0.492 e. The maximum Gasteiger partial charge on any atom is 0.279 e. The van der Waals surface area contributed by atoms with Gasteiger partial charge < -0.3 is 14.0 Å². The molecule has 2 heterocycles. The van der Waals surface area contributed by atoms with Crippen LogP contribution in [-0.2, 0) is 34.3 Å². The molecule has 0 spiro atoms. The van der Waals surface area contributed by atoms with Crippen molar-refractivity contribution in [2.45, 2.75) is 31.3 Å². The van der Waals surface area contributed by atoms with Gasteiger partial charge in [-0.3, -0.25) is 4.79 Å². The van der Waals surface area contributed by atoms with Gasteiger partial charge in [0.25, 0.3) is 5.91 Å². The van der Waals surface area contributed by atoms with Gasteiger partial charge in [0, 0.05) is 32.3 Å². The van der Waals surface area contributed by atoms with Crippen LogP contribution in [0.25, 0.3) is 10.2 Å². The number of amides is 1. The van der Waals surface area contributed by atoms with Crippen molar-refractivity contribution in [3.05, 3.63) is 88.2 Å². The van der Waals surface area contributed by atoms with Crippen molar-refractivity contribution in [1.29, 1.82) is 0 Å². The highest BCUT2D eigenvalue weighted by molar-refractivity contribution is 7.89. The number of hydrogen-bond donors (Lipinski definition) is 0. The van der Waals surface area contributed by atoms with Gasteiger partial charge in [0.1, 0.15) is 11.3 Å². The molecule has 0 aliphatic carbocycles. The van der Waals surface area contributed by atoms with Crippen LogP contribution in [0.5, 0.6) is 5.75 Å². The average Bonchev–Trinajstić information content (AvgIpc) is 3.29. The van der Waals surface area contributed by atoms with Crippen molar-refractivity contribution in [2.24, 2.45) is 4.99 Å². The number of ether oxygens (including phenoxy) is 2. The van der Waals surface area contributed by atoms with Gasteiger partial charge in [-0.2, -0.15) is 9.30 Å². The molecule has 0 saturated heterocycles. The molecule has 1 amide bonds. The Balaban J connectivity index is 1.43. The molecule has 8 nitrogen and oxygen atoms in total.